The Morgan fingerprint density at radius 2 is 1.58 bits per heavy atom. The summed E-state index contributed by atoms with van der Waals surface area (Å²) in [5.41, 5.74) is 3.37. The Morgan fingerprint density at radius 3 is 2.23 bits per heavy atom. The summed E-state index contributed by atoms with van der Waals surface area (Å²) < 4.78 is 12.9. The van der Waals surface area contributed by atoms with Crippen molar-refractivity contribution in [1.29, 1.82) is 0 Å². The smallest absolute Gasteiger partial charge is 0.254 e. The minimum Gasteiger partial charge on any atom is -0.335 e. The van der Waals surface area contributed by atoms with Crippen LogP contribution in [0.4, 0.5) is 10.1 Å². The molecule has 0 heterocycles. The fraction of sp³-hybridized carbons (Fsp3) is 0.200. The van der Waals surface area contributed by atoms with Gasteiger partial charge in [0.2, 0.25) is 5.91 Å². The molecular weight excluding hydrogens is 411 g/mol. The number of hydrogen-bond acceptors (Lipinski definition) is 3. The number of nitrogens with zero attached hydrogens (tertiary/aromatic N) is 1. The van der Waals surface area contributed by atoms with Gasteiger partial charge in [-0.1, -0.05) is 42.5 Å². The molecule has 0 aliphatic carbocycles. The number of amides is 2. The summed E-state index contributed by atoms with van der Waals surface area (Å²) in [6.07, 6.45) is 0. The Kier molecular flexibility index (Phi) is 8.24. The average Bonchev–Trinajstić information content (AvgIpc) is 2.80. The topological polar surface area (TPSA) is 49.4 Å². The van der Waals surface area contributed by atoms with Gasteiger partial charge in [-0.25, -0.2) is 4.39 Å². The molecule has 0 saturated heterocycles. The van der Waals surface area contributed by atoms with Gasteiger partial charge in [0.25, 0.3) is 5.91 Å². The van der Waals surface area contributed by atoms with Crippen LogP contribution >= 0.6 is 11.8 Å². The van der Waals surface area contributed by atoms with Crippen molar-refractivity contribution < 1.29 is 14.0 Å². The lowest BCUT2D eigenvalue weighted by Crippen LogP contribution is -2.30. The first kappa shape index (κ1) is 22.6. The van der Waals surface area contributed by atoms with Crippen LogP contribution in [0.2, 0.25) is 0 Å². The molecule has 1 N–H and O–H groups in total. The SMILES string of the molecule is CCN(Cc1ccccc1)C(=O)c1ccc(CSCC(=O)Nc2ccc(F)cc2)cc1. The molecule has 3 aromatic carbocycles. The summed E-state index contributed by atoms with van der Waals surface area (Å²) in [5, 5.41) is 2.74. The molecule has 0 aliphatic heterocycles. The third-order valence-electron chi connectivity index (χ3n) is 4.72. The largest absolute Gasteiger partial charge is 0.335 e. The minimum atomic E-state index is -0.337. The molecule has 0 unspecified atom stereocenters. The molecule has 0 saturated carbocycles. The van der Waals surface area contributed by atoms with E-state index in [4.69, 9.17) is 0 Å². The Bertz CT molecular complexity index is 992. The van der Waals surface area contributed by atoms with Gasteiger partial charge in [-0.05, 0) is 54.4 Å². The Hall–Kier alpha value is -3.12. The first-order chi connectivity index (χ1) is 15.0. The molecule has 3 aromatic rings. The standard InChI is InChI=1S/C25H25FN2O2S/c1-2-28(16-19-6-4-3-5-7-19)25(30)21-10-8-20(9-11-21)17-31-18-24(29)27-23-14-12-22(26)13-15-23/h3-15H,2,16-18H2,1H3,(H,27,29). The van der Waals surface area contributed by atoms with E-state index in [2.05, 4.69) is 5.32 Å². The van der Waals surface area contributed by atoms with Crippen molar-refractivity contribution in [3.63, 3.8) is 0 Å². The molecule has 0 aromatic heterocycles. The number of thioether (sulfide) groups is 1. The lowest BCUT2D eigenvalue weighted by atomic mass is 10.1. The molecule has 4 nitrogen and oxygen atoms in total. The predicted octanol–water partition coefficient (Wildman–Crippen LogP) is 5.36. The predicted molar refractivity (Wildman–Crippen MR) is 124 cm³/mol. The first-order valence-electron chi connectivity index (χ1n) is 10.1. The van der Waals surface area contributed by atoms with Crippen LogP contribution in [0.1, 0.15) is 28.4 Å². The normalized spacial score (nSPS) is 10.5. The maximum absolute atomic E-state index is 12.9. The zero-order valence-electron chi connectivity index (χ0n) is 17.4. The molecule has 0 fully saturated rings. The maximum Gasteiger partial charge on any atom is 0.254 e. The second-order valence-corrected chi connectivity index (χ2v) is 8.04. The molecule has 160 valence electrons. The number of hydrogen-bond donors (Lipinski definition) is 1. The van der Waals surface area contributed by atoms with Gasteiger partial charge in [0.1, 0.15) is 5.82 Å². The fourth-order valence-electron chi connectivity index (χ4n) is 3.05. The summed E-state index contributed by atoms with van der Waals surface area (Å²) >= 11 is 1.48. The zero-order chi connectivity index (χ0) is 22.1. The van der Waals surface area contributed by atoms with Crippen LogP contribution in [0.3, 0.4) is 0 Å². The van der Waals surface area contributed by atoms with E-state index < -0.39 is 0 Å². The number of halogens is 1. The van der Waals surface area contributed by atoms with Gasteiger partial charge in [-0.3, -0.25) is 9.59 Å². The molecule has 0 aliphatic rings. The Balaban J connectivity index is 1.48. The van der Waals surface area contributed by atoms with Crippen LogP contribution in [0.15, 0.2) is 78.9 Å². The number of carbonyl (C=O) groups excluding carboxylic acids is 2. The molecule has 0 radical (unpaired) electrons. The molecule has 0 spiro atoms. The second-order valence-electron chi connectivity index (χ2n) is 7.05. The molecule has 0 atom stereocenters. The monoisotopic (exact) mass is 436 g/mol. The maximum atomic E-state index is 12.9. The minimum absolute atomic E-state index is 0.00392. The first-order valence-corrected chi connectivity index (χ1v) is 11.3. The number of carbonyl (C=O) groups is 2. The molecular formula is C25H25FN2O2S. The van der Waals surface area contributed by atoms with E-state index in [-0.39, 0.29) is 17.6 Å². The van der Waals surface area contributed by atoms with E-state index in [1.54, 1.807) is 0 Å². The average molecular weight is 437 g/mol. The number of anilines is 1. The summed E-state index contributed by atoms with van der Waals surface area (Å²) in [4.78, 5) is 26.7. The number of nitrogens with one attached hydrogen (secondary N) is 1. The van der Waals surface area contributed by atoms with Crippen molar-refractivity contribution in [2.24, 2.45) is 0 Å². The lowest BCUT2D eigenvalue weighted by molar-refractivity contribution is -0.113. The molecule has 0 bridgehead atoms. The van der Waals surface area contributed by atoms with Crippen LogP contribution in [-0.4, -0.2) is 29.0 Å². The van der Waals surface area contributed by atoms with Crippen molar-refractivity contribution in [3.8, 4) is 0 Å². The number of benzene rings is 3. The summed E-state index contributed by atoms with van der Waals surface area (Å²) in [5.74, 6) is 0.481. The van der Waals surface area contributed by atoms with Crippen molar-refractivity contribution >= 4 is 29.3 Å². The van der Waals surface area contributed by atoms with Gasteiger partial charge < -0.3 is 10.2 Å². The summed E-state index contributed by atoms with van der Waals surface area (Å²) in [6.45, 7) is 3.19. The molecule has 6 heteroatoms. The summed E-state index contributed by atoms with van der Waals surface area (Å²) in [7, 11) is 0. The molecule has 2 amide bonds. The highest BCUT2D eigenvalue weighted by molar-refractivity contribution is 7.99. The van der Waals surface area contributed by atoms with Gasteiger partial charge in [0.05, 0.1) is 5.75 Å². The van der Waals surface area contributed by atoms with E-state index in [9.17, 15) is 14.0 Å². The van der Waals surface area contributed by atoms with Gasteiger partial charge in [-0.15, -0.1) is 11.8 Å². The second kappa shape index (κ2) is 11.3. The van der Waals surface area contributed by atoms with Crippen molar-refractivity contribution in [2.45, 2.75) is 19.2 Å². The highest BCUT2D eigenvalue weighted by Crippen LogP contribution is 2.16. The number of rotatable bonds is 9. The fourth-order valence-corrected chi connectivity index (χ4v) is 3.84. The molecule has 3 rings (SSSR count). The van der Waals surface area contributed by atoms with Gasteiger partial charge in [0, 0.05) is 30.1 Å². The molecule has 31 heavy (non-hydrogen) atoms. The third-order valence-corrected chi connectivity index (χ3v) is 5.72. The van der Waals surface area contributed by atoms with E-state index in [1.807, 2.05) is 66.4 Å². The summed E-state index contributed by atoms with van der Waals surface area (Å²) in [6, 6.07) is 23.2. The lowest BCUT2D eigenvalue weighted by Gasteiger charge is -2.21. The van der Waals surface area contributed by atoms with Crippen molar-refractivity contribution in [3.05, 3.63) is 101 Å². The quantitative estimate of drug-likeness (QED) is 0.491. The van der Waals surface area contributed by atoms with Crippen LogP contribution < -0.4 is 5.32 Å². The van der Waals surface area contributed by atoms with E-state index in [0.717, 1.165) is 11.1 Å². The van der Waals surface area contributed by atoms with Crippen molar-refractivity contribution in [2.75, 3.05) is 17.6 Å². The Labute approximate surface area is 186 Å². The van der Waals surface area contributed by atoms with Gasteiger partial charge in [0.15, 0.2) is 0 Å². The third kappa shape index (κ3) is 6.96. The highest BCUT2D eigenvalue weighted by atomic mass is 32.2. The van der Waals surface area contributed by atoms with Crippen LogP contribution in [0.5, 0.6) is 0 Å². The van der Waals surface area contributed by atoms with E-state index in [1.165, 1.54) is 36.0 Å². The zero-order valence-corrected chi connectivity index (χ0v) is 18.2. The van der Waals surface area contributed by atoms with Gasteiger partial charge >= 0.3 is 0 Å². The van der Waals surface area contributed by atoms with E-state index in [0.29, 0.717) is 35.8 Å². The van der Waals surface area contributed by atoms with Gasteiger partial charge in [-0.2, -0.15) is 0 Å². The van der Waals surface area contributed by atoms with E-state index >= 15 is 0 Å². The highest BCUT2D eigenvalue weighted by Gasteiger charge is 2.14. The van der Waals surface area contributed by atoms with Crippen molar-refractivity contribution in [1.82, 2.24) is 4.90 Å². The van der Waals surface area contributed by atoms with Crippen LogP contribution in [-0.2, 0) is 17.1 Å². The van der Waals surface area contributed by atoms with Crippen LogP contribution in [0.25, 0.3) is 0 Å². The van der Waals surface area contributed by atoms with Crippen LogP contribution in [0, 0.1) is 5.82 Å². The Morgan fingerprint density at radius 1 is 0.903 bits per heavy atom.